The van der Waals surface area contributed by atoms with Crippen molar-refractivity contribution in [2.75, 3.05) is 13.1 Å². The molecule has 1 aliphatic rings. The Morgan fingerprint density at radius 3 is 2.38 bits per heavy atom. The molecule has 138 valence electrons. The molecule has 0 spiro atoms. The molecule has 0 aliphatic carbocycles. The lowest BCUT2D eigenvalue weighted by Gasteiger charge is -2.23. The molecule has 1 fully saturated rings. The van der Waals surface area contributed by atoms with Crippen LogP contribution in [0.3, 0.4) is 0 Å². The summed E-state index contributed by atoms with van der Waals surface area (Å²) < 4.78 is 37.1. The highest BCUT2D eigenvalue weighted by molar-refractivity contribution is 5.91. The lowest BCUT2D eigenvalue weighted by atomic mass is 9.88. The SMILES string of the molecule is CC(C)(C)CCC(NC(=O)C1CC(=O)N(CC(F)(F)F)C1)C(=O)O. The summed E-state index contributed by atoms with van der Waals surface area (Å²) in [6.45, 7) is 4.03. The molecule has 2 atom stereocenters. The minimum Gasteiger partial charge on any atom is -0.480 e. The Labute approximate surface area is 138 Å². The van der Waals surface area contributed by atoms with E-state index in [-0.39, 0.29) is 24.8 Å². The van der Waals surface area contributed by atoms with Gasteiger partial charge in [-0.15, -0.1) is 0 Å². The first-order valence-corrected chi connectivity index (χ1v) is 7.66. The minimum atomic E-state index is -4.53. The van der Waals surface area contributed by atoms with Gasteiger partial charge in [-0.1, -0.05) is 20.8 Å². The van der Waals surface area contributed by atoms with Crippen LogP contribution in [0.4, 0.5) is 13.2 Å². The van der Waals surface area contributed by atoms with E-state index in [0.717, 1.165) is 0 Å². The van der Waals surface area contributed by atoms with Crippen molar-refractivity contribution in [1.29, 1.82) is 0 Å². The predicted molar refractivity (Wildman–Crippen MR) is 79.0 cm³/mol. The summed E-state index contributed by atoms with van der Waals surface area (Å²) in [5.41, 5.74) is -0.120. The normalized spacial score (nSPS) is 20.2. The zero-order valence-electron chi connectivity index (χ0n) is 13.9. The third kappa shape index (κ3) is 6.76. The Morgan fingerprint density at radius 1 is 1.33 bits per heavy atom. The number of halogens is 3. The summed E-state index contributed by atoms with van der Waals surface area (Å²) in [7, 11) is 0. The standard InChI is InChI=1S/C15H23F3N2O4/c1-14(2,3)5-4-10(13(23)24)19-12(22)9-6-11(21)20(7-9)8-15(16,17)18/h9-10H,4-8H2,1-3H3,(H,19,22)(H,23,24). The molecule has 1 saturated heterocycles. The van der Waals surface area contributed by atoms with E-state index in [1.54, 1.807) is 0 Å². The molecule has 2 amide bonds. The van der Waals surface area contributed by atoms with Crippen molar-refractivity contribution < 1.29 is 32.7 Å². The third-order valence-corrected chi connectivity index (χ3v) is 3.75. The van der Waals surface area contributed by atoms with Gasteiger partial charge in [-0.05, 0) is 18.3 Å². The second kappa shape index (κ2) is 7.40. The second-order valence-electron chi connectivity index (χ2n) is 7.29. The third-order valence-electron chi connectivity index (χ3n) is 3.75. The molecular weight excluding hydrogens is 329 g/mol. The van der Waals surface area contributed by atoms with E-state index in [1.807, 2.05) is 20.8 Å². The highest BCUT2D eigenvalue weighted by Crippen LogP contribution is 2.25. The number of alkyl halides is 3. The first-order valence-electron chi connectivity index (χ1n) is 7.66. The number of hydrogen-bond donors (Lipinski definition) is 2. The molecule has 0 aromatic heterocycles. The van der Waals surface area contributed by atoms with E-state index in [9.17, 15) is 32.7 Å². The average molecular weight is 352 g/mol. The van der Waals surface area contributed by atoms with E-state index >= 15 is 0 Å². The second-order valence-corrected chi connectivity index (χ2v) is 7.29. The van der Waals surface area contributed by atoms with Crippen molar-refractivity contribution in [2.45, 2.75) is 52.3 Å². The lowest BCUT2D eigenvalue weighted by Crippen LogP contribution is -2.45. The van der Waals surface area contributed by atoms with Crippen LogP contribution >= 0.6 is 0 Å². The van der Waals surface area contributed by atoms with Crippen LogP contribution in [0.5, 0.6) is 0 Å². The maximum absolute atomic E-state index is 12.4. The summed E-state index contributed by atoms with van der Waals surface area (Å²) in [4.78, 5) is 35.5. The average Bonchev–Trinajstić information content (AvgIpc) is 2.72. The van der Waals surface area contributed by atoms with Gasteiger partial charge in [0.05, 0.1) is 5.92 Å². The lowest BCUT2D eigenvalue weighted by molar-refractivity contribution is -0.157. The Balaban J connectivity index is 2.62. The Bertz CT molecular complexity index is 500. The van der Waals surface area contributed by atoms with E-state index in [4.69, 9.17) is 0 Å². The summed E-state index contributed by atoms with van der Waals surface area (Å²) >= 11 is 0. The molecule has 0 bridgehead atoms. The molecule has 2 unspecified atom stereocenters. The number of nitrogens with one attached hydrogen (secondary N) is 1. The molecular formula is C15H23F3N2O4. The Kier molecular flexibility index (Phi) is 6.24. The number of amides is 2. The van der Waals surface area contributed by atoms with E-state index in [0.29, 0.717) is 11.3 Å². The first-order chi connectivity index (χ1) is 10.8. The number of carbonyl (C=O) groups excluding carboxylic acids is 2. The fourth-order valence-corrected chi connectivity index (χ4v) is 2.44. The number of aliphatic carboxylic acids is 1. The summed E-state index contributed by atoms with van der Waals surface area (Å²) in [6, 6.07) is -1.12. The van der Waals surface area contributed by atoms with Gasteiger partial charge in [-0.3, -0.25) is 9.59 Å². The van der Waals surface area contributed by atoms with Gasteiger partial charge in [0.25, 0.3) is 0 Å². The van der Waals surface area contributed by atoms with Crippen LogP contribution in [0.2, 0.25) is 0 Å². The largest absolute Gasteiger partial charge is 0.480 e. The Hall–Kier alpha value is -1.80. The van der Waals surface area contributed by atoms with Crippen LogP contribution in [-0.4, -0.2) is 53.1 Å². The van der Waals surface area contributed by atoms with Crippen molar-refractivity contribution >= 4 is 17.8 Å². The molecule has 0 aromatic carbocycles. The van der Waals surface area contributed by atoms with Crippen molar-refractivity contribution in [1.82, 2.24) is 10.2 Å². The Morgan fingerprint density at radius 2 is 1.92 bits per heavy atom. The van der Waals surface area contributed by atoms with Gasteiger partial charge in [0.2, 0.25) is 11.8 Å². The number of hydrogen-bond acceptors (Lipinski definition) is 3. The highest BCUT2D eigenvalue weighted by Gasteiger charge is 2.41. The molecule has 1 heterocycles. The van der Waals surface area contributed by atoms with Gasteiger partial charge < -0.3 is 15.3 Å². The van der Waals surface area contributed by atoms with Gasteiger partial charge in [-0.25, -0.2) is 4.79 Å². The number of carbonyl (C=O) groups is 3. The van der Waals surface area contributed by atoms with Crippen LogP contribution in [-0.2, 0) is 14.4 Å². The smallest absolute Gasteiger partial charge is 0.406 e. The highest BCUT2D eigenvalue weighted by atomic mass is 19.4. The molecule has 24 heavy (non-hydrogen) atoms. The molecule has 2 N–H and O–H groups in total. The van der Waals surface area contributed by atoms with Crippen LogP contribution < -0.4 is 5.32 Å². The van der Waals surface area contributed by atoms with Gasteiger partial charge in [0, 0.05) is 13.0 Å². The zero-order chi connectivity index (χ0) is 18.7. The van der Waals surface area contributed by atoms with E-state index < -0.39 is 42.5 Å². The van der Waals surface area contributed by atoms with Crippen molar-refractivity contribution in [3.63, 3.8) is 0 Å². The fourth-order valence-electron chi connectivity index (χ4n) is 2.44. The molecule has 1 aliphatic heterocycles. The number of carboxylic acid groups (broad SMARTS) is 1. The minimum absolute atomic E-state index is 0.120. The summed E-state index contributed by atoms with van der Waals surface area (Å²) in [6.07, 6.45) is -4.11. The fraction of sp³-hybridized carbons (Fsp3) is 0.800. The number of nitrogens with zero attached hydrogens (tertiary/aromatic N) is 1. The molecule has 0 saturated carbocycles. The molecule has 0 radical (unpaired) electrons. The van der Waals surface area contributed by atoms with Gasteiger partial charge in [-0.2, -0.15) is 13.2 Å². The van der Waals surface area contributed by atoms with Gasteiger partial charge in [0.15, 0.2) is 0 Å². The number of carboxylic acids is 1. The van der Waals surface area contributed by atoms with Crippen LogP contribution in [0.1, 0.15) is 40.0 Å². The van der Waals surface area contributed by atoms with Crippen LogP contribution in [0, 0.1) is 11.3 Å². The van der Waals surface area contributed by atoms with Crippen molar-refractivity contribution in [3.05, 3.63) is 0 Å². The molecule has 0 aromatic rings. The topological polar surface area (TPSA) is 86.7 Å². The summed E-state index contributed by atoms with van der Waals surface area (Å²) in [5, 5.41) is 11.5. The van der Waals surface area contributed by atoms with E-state index in [2.05, 4.69) is 5.32 Å². The van der Waals surface area contributed by atoms with Crippen LogP contribution in [0.15, 0.2) is 0 Å². The maximum Gasteiger partial charge on any atom is 0.406 e. The van der Waals surface area contributed by atoms with Crippen molar-refractivity contribution in [3.8, 4) is 0 Å². The quantitative estimate of drug-likeness (QED) is 0.763. The molecule has 1 rings (SSSR count). The molecule has 6 nitrogen and oxygen atoms in total. The van der Waals surface area contributed by atoms with Crippen molar-refractivity contribution in [2.24, 2.45) is 11.3 Å². The van der Waals surface area contributed by atoms with Gasteiger partial charge in [0.1, 0.15) is 12.6 Å². The number of likely N-dealkylation sites (tertiary alicyclic amines) is 1. The molecule has 9 heteroatoms. The number of rotatable bonds is 6. The van der Waals surface area contributed by atoms with E-state index in [1.165, 1.54) is 0 Å². The predicted octanol–water partition coefficient (Wildman–Crippen LogP) is 1.79. The maximum atomic E-state index is 12.4. The van der Waals surface area contributed by atoms with Gasteiger partial charge >= 0.3 is 12.1 Å². The first kappa shape index (κ1) is 20.2. The summed E-state index contributed by atoms with van der Waals surface area (Å²) in [5.74, 6) is -3.62. The monoisotopic (exact) mass is 352 g/mol. The van der Waals surface area contributed by atoms with Crippen LogP contribution in [0.25, 0.3) is 0 Å². The zero-order valence-corrected chi connectivity index (χ0v) is 13.9.